The fourth-order valence-electron chi connectivity index (χ4n) is 3.56. The summed E-state index contributed by atoms with van der Waals surface area (Å²) in [5.41, 5.74) is 3.61. The van der Waals surface area contributed by atoms with Gasteiger partial charge in [-0.3, -0.25) is 4.72 Å². The minimum absolute atomic E-state index is 0. The van der Waals surface area contributed by atoms with E-state index in [1.54, 1.807) is 25.3 Å². The van der Waals surface area contributed by atoms with Gasteiger partial charge in [-0.15, -0.1) is 12.4 Å². The second-order valence-electron chi connectivity index (χ2n) is 7.42. The summed E-state index contributed by atoms with van der Waals surface area (Å²) < 4.78 is 37.1. The molecular formula is C24H26ClN3O4S. The molecule has 0 atom stereocenters. The lowest BCUT2D eigenvalue weighted by molar-refractivity contribution is 0.320. The van der Waals surface area contributed by atoms with Gasteiger partial charge >= 0.3 is 0 Å². The minimum atomic E-state index is -3.39. The van der Waals surface area contributed by atoms with E-state index in [9.17, 15) is 8.42 Å². The number of nitrogens with one attached hydrogen (secondary N) is 2. The molecule has 0 radical (unpaired) electrons. The molecule has 33 heavy (non-hydrogen) atoms. The van der Waals surface area contributed by atoms with Crippen molar-refractivity contribution >= 4 is 61.3 Å². The number of nitrogens with zero attached hydrogens (tertiary/aromatic N) is 1. The number of rotatable bonds is 8. The average Bonchev–Trinajstić information content (AvgIpc) is 2.77. The summed E-state index contributed by atoms with van der Waals surface area (Å²) >= 11 is 0. The predicted molar refractivity (Wildman–Crippen MR) is 137 cm³/mol. The summed E-state index contributed by atoms with van der Waals surface area (Å²) in [5.74, 6) is 1.24. The van der Waals surface area contributed by atoms with Gasteiger partial charge in [0.15, 0.2) is 0 Å². The van der Waals surface area contributed by atoms with Crippen LogP contribution >= 0.6 is 12.4 Å². The third kappa shape index (κ3) is 5.40. The van der Waals surface area contributed by atoms with Gasteiger partial charge < -0.3 is 14.8 Å². The third-order valence-corrected chi connectivity index (χ3v) is 5.51. The van der Waals surface area contributed by atoms with Crippen LogP contribution in [0, 0.1) is 0 Å². The van der Waals surface area contributed by atoms with Crippen molar-refractivity contribution in [2.75, 3.05) is 30.0 Å². The number of benzene rings is 3. The lowest BCUT2D eigenvalue weighted by Crippen LogP contribution is -2.09. The summed E-state index contributed by atoms with van der Waals surface area (Å²) in [7, 11) is -1.85. The number of sulfonamides is 1. The van der Waals surface area contributed by atoms with Gasteiger partial charge in [0.2, 0.25) is 10.0 Å². The van der Waals surface area contributed by atoms with E-state index < -0.39 is 10.0 Å². The number of pyridine rings is 1. The van der Waals surface area contributed by atoms with Crippen molar-refractivity contribution in [2.24, 2.45) is 0 Å². The number of hydrogen-bond donors (Lipinski definition) is 2. The second-order valence-corrected chi connectivity index (χ2v) is 9.17. The van der Waals surface area contributed by atoms with Gasteiger partial charge in [-0.25, -0.2) is 13.4 Å². The van der Waals surface area contributed by atoms with Gasteiger partial charge in [0.05, 0.1) is 42.6 Å². The standard InChI is InChI=1S/C24H25N3O4S.ClH/c1-4-14-31-21-11-7-9-18-23(17-8-5-6-10-19(17)25-24(18)21)26-20-13-12-16(15-22(20)30-2)27-32(3,28)29;/h5-13,15,27H,4,14H2,1-3H3,(H,25,26);1H. The molecule has 0 aliphatic heterocycles. The van der Waals surface area contributed by atoms with Gasteiger partial charge in [-0.1, -0.05) is 37.3 Å². The molecule has 174 valence electrons. The quantitative estimate of drug-likeness (QED) is 0.309. The largest absolute Gasteiger partial charge is 0.494 e. The first kappa shape index (κ1) is 24.4. The highest BCUT2D eigenvalue weighted by atomic mass is 35.5. The predicted octanol–water partition coefficient (Wildman–Crippen LogP) is 5.72. The fourth-order valence-corrected chi connectivity index (χ4v) is 4.11. The molecule has 0 bridgehead atoms. The van der Waals surface area contributed by atoms with Crippen LogP contribution in [0.1, 0.15) is 13.3 Å². The third-order valence-electron chi connectivity index (χ3n) is 4.90. The maximum Gasteiger partial charge on any atom is 0.229 e. The van der Waals surface area contributed by atoms with Crippen LogP contribution in [0.15, 0.2) is 60.7 Å². The van der Waals surface area contributed by atoms with E-state index in [1.807, 2.05) is 42.5 Å². The van der Waals surface area contributed by atoms with E-state index in [0.29, 0.717) is 23.7 Å². The Morgan fingerprint density at radius 1 is 0.970 bits per heavy atom. The molecule has 0 spiro atoms. The van der Waals surface area contributed by atoms with Crippen molar-refractivity contribution in [3.8, 4) is 11.5 Å². The van der Waals surface area contributed by atoms with Crippen LogP contribution in [0.3, 0.4) is 0 Å². The van der Waals surface area contributed by atoms with Crippen molar-refractivity contribution in [1.29, 1.82) is 0 Å². The monoisotopic (exact) mass is 487 g/mol. The zero-order valence-electron chi connectivity index (χ0n) is 18.6. The molecular weight excluding hydrogens is 462 g/mol. The van der Waals surface area contributed by atoms with E-state index in [-0.39, 0.29) is 12.4 Å². The van der Waals surface area contributed by atoms with Crippen LogP contribution in [-0.2, 0) is 10.0 Å². The minimum Gasteiger partial charge on any atom is -0.494 e. The van der Waals surface area contributed by atoms with E-state index in [4.69, 9.17) is 14.5 Å². The summed E-state index contributed by atoms with van der Waals surface area (Å²) in [6, 6.07) is 18.9. The van der Waals surface area contributed by atoms with Gasteiger partial charge in [0, 0.05) is 16.8 Å². The summed E-state index contributed by atoms with van der Waals surface area (Å²) in [6.07, 6.45) is 2.01. The molecule has 0 aliphatic rings. The number of para-hydroxylation sites is 2. The molecule has 0 unspecified atom stereocenters. The Labute approximate surface area is 199 Å². The number of methoxy groups -OCH3 is 1. The Kier molecular flexibility index (Phi) is 7.50. The zero-order chi connectivity index (χ0) is 22.7. The van der Waals surface area contributed by atoms with Crippen molar-refractivity contribution in [1.82, 2.24) is 4.98 Å². The van der Waals surface area contributed by atoms with E-state index >= 15 is 0 Å². The highest BCUT2D eigenvalue weighted by Crippen LogP contribution is 2.39. The summed E-state index contributed by atoms with van der Waals surface area (Å²) in [5, 5.41) is 5.35. The van der Waals surface area contributed by atoms with Crippen LogP contribution in [0.5, 0.6) is 11.5 Å². The van der Waals surface area contributed by atoms with E-state index in [2.05, 4.69) is 17.0 Å². The van der Waals surface area contributed by atoms with Crippen LogP contribution in [-0.4, -0.2) is 33.4 Å². The molecule has 0 fully saturated rings. The van der Waals surface area contributed by atoms with Crippen LogP contribution in [0.2, 0.25) is 0 Å². The molecule has 1 heterocycles. The number of anilines is 3. The molecule has 7 nitrogen and oxygen atoms in total. The Hall–Kier alpha value is -3.23. The van der Waals surface area contributed by atoms with Gasteiger partial charge in [-0.05, 0) is 30.7 Å². The number of ether oxygens (including phenoxy) is 2. The van der Waals surface area contributed by atoms with Gasteiger partial charge in [0.1, 0.15) is 17.0 Å². The number of hydrogen-bond acceptors (Lipinski definition) is 6. The van der Waals surface area contributed by atoms with Crippen molar-refractivity contribution in [3.63, 3.8) is 0 Å². The summed E-state index contributed by atoms with van der Waals surface area (Å²) in [6.45, 7) is 2.68. The second kappa shape index (κ2) is 10.1. The number of aromatic nitrogens is 1. The molecule has 3 aromatic carbocycles. The normalized spacial score (nSPS) is 11.1. The maximum absolute atomic E-state index is 11.6. The van der Waals surface area contributed by atoms with Crippen molar-refractivity contribution in [3.05, 3.63) is 60.7 Å². The molecule has 4 rings (SSSR count). The first-order chi connectivity index (χ1) is 15.4. The molecule has 0 saturated heterocycles. The Morgan fingerprint density at radius 2 is 1.73 bits per heavy atom. The first-order valence-corrected chi connectivity index (χ1v) is 12.2. The molecule has 0 aliphatic carbocycles. The lowest BCUT2D eigenvalue weighted by atomic mass is 10.1. The highest BCUT2D eigenvalue weighted by molar-refractivity contribution is 7.92. The van der Waals surface area contributed by atoms with E-state index in [1.165, 1.54) is 0 Å². The molecule has 0 saturated carbocycles. The summed E-state index contributed by atoms with van der Waals surface area (Å²) in [4.78, 5) is 4.86. The Bertz CT molecular complexity index is 1390. The Morgan fingerprint density at radius 3 is 2.45 bits per heavy atom. The van der Waals surface area contributed by atoms with Crippen LogP contribution < -0.4 is 19.5 Å². The van der Waals surface area contributed by atoms with Gasteiger partial charge in [0.25, 0.3) is 0 Å². The Balaban J connectivity index is 0.00000306. The number of fused-ring (bicyclic) bond motifs is 2. The maximum atomic E-state index is 11.6. The van der Waals surface area contributed by atoms with Crippen molar-refractivity contribution < 1.29 is 17.9 Å². The number of halogens is 1. The zero-order valence-corrected chi connectivity index (χ0v) is 20.2. The lowest BCUT2D eigenvalue weighted by Gasteiger charge is -2.17. The topological polar surface area (TPSA) is 89.6 Å². The molecule has 1 aromatic heterocycles. The van der Waals surface area contributed by atoms with E-state index in [0.717, 1.165) is 45.9 Å². The first-order valence-electron chi connectivity index (χ1n) is 10.3. The fraction of sp³-hybridized carbons (Fsp3) is 0.208. The SMILES string of the molecule is CCCOc1cccc2c(Nc3ccc(NS(C)(=O)=O)cc3OC)c3ccccc3nc12.Cl. The molecule has 9 heteroatoms. The van der Waals surface area contributed by atoms with Crippen molar-refractivity contribution in [2.45, 2.75) is 13.3 Å². The molecule has 2 N–H and O–H groups in total. The van der Waals surface area contributed by atoms with Crippen LogP contribution in [0.4, 0.5) is 17.1 Å². The van der Waals surface area contributed by atoms with Crippen LogP contribution in [0.25, 0.3) is 21.8 Å². The molecule has 4 aromatic rings. The van der Waals surface area contributed by atoms with Gasteiger partial charge in [-0.2, -0.15) is 0 Å². The molecule has 0 amide bonds. The highest BCUT2D eigenvalue weighted by Gasteiger charge is 2.15. The smallest absolute Gasteiger partial charge is 0.229 e. The average molecular weight is 488 g/mol.